The first kappa shape index (κ1) is 14.9. The molecule has 114 valence electrons. The first-order chi connectivity index (χ1) is 9.67. The number of benzene rings is 1. The van der Waals surface area contributed by atoms with Gasteiger partial charge in [-0.25, -0.2) is 0 Å². The normalized spacial score (nSPS) is 26.9. The predicted octanol–water partition coefficient (Wildman–Crippen LogP) is 6.04. The highest BCUT2D eigenvalue weighted by atomic mass is 14.5. The average molecular weight is 282 g/mol. The predicted molar refractivity (Wildman–Crippen MR) is 92.3 cm³/mol. The molecule has 0 spiro atoms. The third kappa shape index (κ3) is 1.81. The molecule has 1 aromatic rings. The minimum atomic E-state index is 0.315. The van der Waals surface area contributed by atoms with Gasteiger partial charge in [-0.15, -0.1) is 0 Å². The lowest BCUT2D eigenvalue weighted by Gasteiger charge is -2.36. The Labute approximate surface area is 130 Å². The molecular weight excluding hydrogens is 252 g/mol. The van der Waals surface area contributed by atoms with Crippen molar-refractivity contribution in [2.75, 3.05) is 0 Å². The Morgan fingerprint density at radius 3 is 1.86 bits per heavy atom. The van der Waals surface area contributed by atoms with E-state index in [2.05, 4.69) is 55.4 Å². The van der Waals surface area contributed by atoms with E-state index in [1.54, 1.807) is 33.4 Å². The van der Waals surface area contributed by atoms with Crippen molar-refractivity contribution in [2.45, 2.75) is 79.6 Å². The number of allylic oxidation sites excluding steroid dienone is 2. The highest BCUT2D eigenvalue weighted by Crippen LogP contribution is 2.59. The molecule has 0 nitrogen and oxygen atoms in total. The van der Waals surface area contributed by atoms with E-state index in [1.807, 2.05) is 0 Å². The van der Waals surface area contributed by atoms with Crippen LogP contribution in [0.2, 0.25) is 0 Å². The zero-order valence-electron chi connectivity index (χ0n) is 15.1. The van der Waals surface area contributed by atoms with Gasteiger partial charge in [-0.05, 0) is 105 Å². The first-order valence-electron chi connectivity index (χ1n) is 8.43. The molecule has 0 saturated heterocycles. The van der Waals surface area contributed by atoms with Crippen molar-refractivity contribution in [3.8, 4) is 0 Å². The van der Waals surface area contributed by atoms with Gasteiger partial charge in [0, 0.05) is 0 Å². The second kappa shape index (κ2) is 4.48. The minimum Gasteiger partial charge on any atom is -0.0740 e. The second-order valence-electron chi connectivity index (χ2n) is 8.19. The summed E-state index contributed by atoms with van der Waals surface area (Å²) in [6.07, 6.45) is 2.56. The molecule has 0 amide bonds. The van der Waals surface area contributed by atoms with E-state index < -0.39 is 0 Å². The van der Waals surface area contributed by atoms with E-state index in [9.17, 15) is 0 Å². The van der Waals surface area contributed by atoms with Crippen molar-refractivity contribution in [1.29, 1.82) is 0 Å². The van der Waals surface area contributed by atoms with Crippen LogP contribution in [-0.4, -0.2) is 0 Å². The van der Waals surface area contributed by atoms with Crippen molar-refractivity contribution in [3.05, 3.63) is 44.5 Å². The van der Waals surface area contributed by atoms with Crippen LogP contribution in [-0.2, 0) is 5.41 Å². The molecule has 2 unspecified atom stereocenters. The number of rotatable bonds is 0. The van der Waals surface area contributed by atoms with Crippen LogP contribution in [0.15, 0.2) is 11.1 Å². The molecule has 0 aromatic heterocycles. The summed E-state index contributed by atoms with van der Waals surface area (Å²) < 4.78 is 0. The lowest BCUT2D eigenvalue weighted by Crippen LogP contribution is -2.29. The fourth-order valence-corrected chi connectivity index (χ4v) is 5.17. The molecule has 0 heterocycles. The molecule has 2 atom stereocenters. The fourth-order valence-electron chi connectivity index (χ4n) is 5.17. The van der Waals surface area contributed by atoms with Crippen LogP contribution >= 0.6 is 0 Å². The van der Waals surface area contributed by atoms with Crippen LogP contribution in [0.3, 0.4) is 0 Å². The van der Waals surface area contributed by atoms with E-state index in [0.717, 1.165) is 11.8 Å². The van der Waals surface area contributed by atoms with Crippen molar-refractivity contribution in [3.63, 3.8) is 0 Å². The molecule has 2 aliphatic carbocycles. The zero-order chi connectivity index (χ0) is 15.7. The van der Waals surface area contributed by atoms with Gasteiger partial charge in [-0.1, -0.05) is 25.0 Å². The molecule has 0 aliphatic heterocycles. The van der Waals surface area contributed by atoms with E-state index >= 15 is 0 Å². The molecule has 21 heavy (non-hydrogen) atoms. The Bertz CT molecular complexity index is 655. The Morgan fingerprint density at radius 1 is 0.714 bits per heavy atom. The van der Waals surface area contributed by atoms with Crippen LogP contribution in [0.1, 0.15) is 79.8 Å². The SMILES string of the molecule is CC1=C(C)CC2C(C1)c1c(C)c(C)c(C)c(C)c1C2(C)C. The van der Waals surface area contributed by atoms with Gasteiger partial charge in [0.05, 0.1) is 0 Å². The van der Waals surface area contributed by atoms with Gasteiger partial charge in [0.1, 0.15) is 0 Å². The summed E-state index contributed by atoms with van der Waals surface area (Å²) in [5.74, 6) is 1.53. The van der Waals surface area contributed by atoms with E-state index in [0.29, 0.717) is 5.41 Å². The van der Waals surface area contributed by atoms with Gasteiger partial charge >= 0.3 is 0 Å². The molecule has 0 radical (unpaired) electrons. The zero-order valence-corrected chi connectivity index (χ0v) is 15.1. The number of hydrogen-bond acceptors (Lipinski definition) is 0. The Morgan fingerprint density at radius 2 is 1.24 bits per heavy atom. The summed E-state index contributed by atoms with van der Waals surface area (Å²) >= 11 is 0. The van der Waals surface area contributed by atoms with Crippen molar-refractivity contribution in [1.82, 2.24) is 0 Å². The van der Waals surface area contributed by atoms with Crippen molar-refractivity contribution < 1.29 is 0 Å². The van der Waals surface area contributed by atoms with Gasteiger partial charge in [0.15, 0.2) is 0 Å². The number of fused-ring (bicyclic) bond motifs is 3. The smallest absolute Gasteiger partial charge is 0.00607 e. The van der Waals surface area contributed by atoms with Crippen LogP contribution in [0.25, 0.3) is 0 Å². The van der Waals surface area contributed by atoms with E-state index in [4.69, 9.17) is 0 Å². The molecule has 0 saturated carbocycles. The maximum Gasteiger partial charge on any atom is -0.00607 e. The van der Waals surface area contributed by atoms with Gasteiger partial charge in [-0.2, -0.15) is 0 Å². The van der Waals surface area contributed by atoms with Gasteiger partial charge in [0.2, 0.25) is 0 Å². The van der Waals surface area contributed by atoms with Crippen LogP contribution in [0.5, 0.6) is 0 Å². The lowest BCUT2D eigenvalue weighted by atomic mass is 9.68. The lowest BCUT2D eigenvalue weighted by molar-refractivity contribution is 0.285. The highest BCUT2D eigenvalue weighted by molar-refractivity contribution is 5.58. The van der Waals surface area contributed by atoms with Gasteiger partial charge < -0.3 is 0 Å². The summed E-state index contributed by atoms with van der Waals surface area (Å²) in [6, 6.07) is 0. The second-order valence-corrected chi connectivity index (χ2v) is 8.19. The minimum absolute atomic E-state index is 0.315. The summed E-state index contributed by atoms with van der Waals surface area (Å²) in [7, 11) is 0. The Balaban J connectivity index is 2.31. The maximum absolute atomic E-state index is 2.49. The van der Waals surface area contributed by atoms with Crippen molar-refractivity contribution in [2.24, 2.45) is 5.92 Å². The van der Waals surface area contributed by atoms with Crippen LogP contribution in [0.4, 0.5) is 0 Å². The summed E-state index contributed by atoms with van der Waals surface area (Å²) in [5, 5.41) is 0. The largest absolute Gasteiger partial charge is 0.0740 e. The maximum atomic E-state index is 2.49. The summed E-state index contributed by atoms with van der Waals surface area (Å²) in [6.45, 7) is 19.0. The molecular formula is C21H30. The highest BCUT2D eigenvalue weighted by Gasteiger charge is 2.49. The van der Waals surface area contributed by atoms with Gasteiger partial charge in [0.25, 0.3) is 0 Å². The summed E-state index contributed by atoms with van der Waals surface area (Å²) in [4.78, 5) is 0. The molecule has 0 N–H and O–H groups in total. The third-order valence-electron chi connectivity index (χ3n) is 6.94. The Hall–Kier alpha value is -1.04. The standard InChI is InChI=1S/C21H30/c1-11-9-17-18(10-12(11)2)21(7,8)20-16(6)14(4)13(3)15(5)19(17)20/h17-18H,9-10H2,1-8H3. The van der Waals surface area contributed by atoms with Crippen molar-refractivity contribution >= 4 is 0 Å². The molecule has 2 aliphatic rings. The number of hydrogen-bond donors (Lipinski definition) is 0. The average Bonchev–Trinajstić information content (AvgIpc) is 2.63. The topological polar surface area (TPSA) is 0 Å². The quantitative estimate of drug-likeness (QED) is 0.509. The molecule has 3 rings (SSSR count). The molecule has 1 aromatic carbocycles. The van der Waals surface area contributed by atoms with E-state index in [1.165, 1.54) is 24.0 Å². The summed E-state index contributed by atoms with van der Waals surface area (Å²) in [5.41, 5.74) is 13.1. The third-order valence-corrected chi connectivity index (χ3v) is 6.94. The van der Waals surface area contributed by atoms with Crippen LogP contribution < -0.4 is 0 Å². The Kier molecular flexibility index (Phi) is 3.17. The monoisotopic (exact) mass is 282 g/mol. The van der Waals surface area contributed by atoms with Gasteiger partial charge in [-0.3, -0.25) is 0 Å². The van der Waals surface area contributed by atoms with Crippen LogP contribution in [0, 0.1) is 33.6 Å². The molecule has 0 heteroatoms. The molecule has 0 bridgehead atoms. The first-order valence-corrected chi connectivity index (χ1v) is 8.43. The van der Waals surface area contributed by atoms with E-state index in [-0.39, 0.29) is 0 Å². The fraction of sp³-hybridized carbons (Fsp3) is 0.619. The molecule has 0 fully saturated rings.